The first-order chi connectivity index (χ1) is 16.4. The van der Waals surface area contributed by atoms with E-state index in [1.165, 1.54) is 0 Å². The van der Waals surface area contributed by atoms with Crippen molar-refractivity contribution in [2.75, 3.05) is 10.6 Å². The van der Waals surface area contributed by atoms with Gasteiger partial charge in [-0.15, -0.1) is 0 Å². The molecule has 0 unspecified atom stereocenters. The van der Waals surface area contributed by atoms with Gasteiger partial charge in [-0.2, -0.15) is 0 Å². The smallest absolute Gasteiger partial charge is 0.293 e. The number of amides is 2. The van der Waals surface area contributed by atoms with Crippen molar-refractivity contribution in [3.63, 3.8) is 0 Å². The summed E-state index contributed by atoms with van der Waals surface area (Å²) in [6, 6.07) is 18.0. The lowest BCUT2D eigenvalue weighted by Gasteiger charge is -2.08. The summed E-state index contributed by atoms with van der Waals surface area (Å²) in [5, 5.41) is 7.71. The van der Waals surface area contributed by atoms with Crippen molar-refractivity contribution in [1.29, 1.82) is 0 Å². The number of carbonyl (C=O) groups excluding carboxylic acids is 2. The van der Waals surface area contributed by atoms with Gasteiger partial charge in [0.05, 0.1) is 12.7 Å². The third-order valence-electron chi connectivity index (χ3n) is 5.59. The molecule has 0 spiro atoms. The number of fused-ring (bicyclic) bond motifs is 2. The summed E-state index contributed by atoms with van der Waals surface area (Å²) < 4.78 is 11.5. The van der Waals surface area contributed by atoms with E-state index >= 15 is 0 Å². The summed E-state index contributed by atoms with van der Waals surface area (Å²) in [5.74, 6) is -0.765. The third-order valence-corrected chi connectivity index (χ3v) is 5.83. The number of rotatable bonds is 5. The first-order valence-electron chi connectivity index (χ1n) is 10.7. The van der Waals surface area contributed by atoms with Crippen LogP contribution in [-0.2, 0) is 11.2 Å². The zero-order valence-corrected chi connectivity index (χ0v) is 19.3. The standard InChI is InChI=1S/C27H21ClN2O4/c1-15-10-16(2)24-17(14-33-22(24)11-15)12-23(31)30-25-20-8-3-4-9-21(20)34-26(25)27(32)29-19-7-5-6-18(28)13-19/h3-11,13-14H,12H2,1-2H3,(H,29,32)(H,30,31). The first kappa shape index (κ1) is 21.8. The van der Waals surface area contributed by atoms with Crippen molar-refractivity contribution < 1.29 is 18.4 Å². The Labute approximate surface area is 200 Å². The topological polar surface area (TPSA) is 84.5 Å². The highest BCUT2D eigenvalue weighted by Gasteiger charge is 2.23. The summed E-state index contributed by atoms with van der Waals surface area (Å²) >= 11 is 6.03. The van der Waals surface area contributed by atoms with Gasteiger partial charge in [0, 0.05) is 27.0 Å². The third kappa shape index (κ3) is 4.16. The van der Waals surface area contributed by atoms with Crippen LogP contribution in [0.3, 0.4) is 0 Å². The highest BCUT2D eigenvalue weighted by molar-refractivity contribution is 6.31. The van der Waals surface area contributed by atoms with E-state index in [1.807, 2.05) is 26.0 Å². The molecule has 0 bridgehead atoms. The van der Waals surface area contributed by atoms with Crippen LogP contribution in [0.1, 0.15) is 27.2 Å². The van der Waals surface area contributed by atoms with Gasteiger partial charge in [-0.1, -0.05) is 35.9 Å². The van der Waals surface area contributed by atoms with Crippen LogP contribution in [0.15, 0.2) is 75.8 Å². The van der Waals surface area contributed by atoms with E-state index in [-0.39, 0.29) is 18.1 Å². The van der Waals surface area contributed by atoms with E-state index < -0.39 is 5.91 Å². The summed E-state index contributed by atoms with van der Waals surface area (Å²) in [7, 11) is 0. The molecule has 6 nitrogen and oxygen atoms in total. The molecule has 2 heterocycles. The van der Waals surface area contributed by atoms with Crippen molar-refractivity contribution >= 4 is 56.7 Å². The molecule has 2 amide bonds. The highest BCUT2D eigenvalue weighted by Crippen LogP contribution is 2.32. The molecule has 0 aliphatic rings. The number of nitrogens with one attached hydrogen (secondary N) is 2. The molecular weight excluding hydrogens is 452 g/mol. The van der Waals surface area contributed by atoms with Crippen LogP contribution >= 0.6 is 11.6 Å². The number of hydrogen-bond donors (Lipinski definition) is 2. The van der Waals surface area contributed by atoms with Crippen LogP contribution < -0.4 is 10.6 Å². The lowest BCUT2D eigenvalue weighted by molar-refractivity contribution is -0.115. The normalized spacial score (nSPS) is 11.1. The monoisotopic (exact) mass is 472 g/mol. The Morgan fingerprint density at radius 3 is 2.59 bits per heavy atom. The molecule has 5 rings (SSSR count). The van der Waals surface area contributed by atoms with Gasteiger partial charge in [-0.05, 0) is 61.4 Å². The minimum atomic E-state index is -0.492. The fourth-order valence-electron chi connectivity index (χ4n) is 4.20. The fraction of sp³-hybridized carbons (Fsp3) is 0.111. The van der Waals surface area contributed by atoms with Crippen molar-refractivity contribution in [3.05, 3.63) is 94.4 Å². The number of carbonyl (C=O) groups is 2. The number of para-hydroxylation sites is 1. The summed E-state index contributed by atoms with van der Waals surface area (Å²) in [6.07, 6.45) is 1.70. The van der Waals surface area contributed by atoms with Gasteiger partial charge in [0.15, 0.2) is 0 Å². The number of benzene rings is 3. The summed E-state index contributed by atoms with van der Waals surface area (Å²) in [4.78, 5) is 26.1. The number of anilines is 2. The second kappa shape index (κ2) is 8.72. The Balaban J connectivity index is 1.45. The van der Waals surface area contributed by atoms with Crippen LogP contribution in [0.25, 0.3) is 21.9 Å². The van der Waals surface area contributed by atoms with E-state index in [0.29, 0.717) is 27.4 Å². The molecule has 0 fully saturated rings. The molecule has 34 heavy (non-hydrogen) atoms. The fourth-order valence-corrected chi connectivity index (χ4v) is 4.39. The van der Waals surface area contributed by atoms with Crippen LogP contribution in [0.4, 0.5) is 11.4 Å². The lowest BCUT2D eigenvalue weighted by atomic mass is 10.0. The molecule has 2 N–H and O–H groups in total. The number of hydrogen-bond acceptors (Lipinski definition) is 4. The second-order valence-electron chi connectivity index (χ2n) is 8.21. The maximum absolute atomic E-state index is 13.1. The zero-order chi connectivity index (χ0) is 23.8. The number of aryl methyl sites for hydroxylation is 2. The average Bonchev–Trinajstić information content (AvgIpc) is 3.35. The predicted octanol–water partition coefficient (Wildman–Crippen LogP) is 6.88. The van der Waals surface area contributed by atoms with Crippen molar-refractivity contribution in [2.45, 2.75) is 20.3 Å². The van der Waals surface area contributed by atoms with E-state index in [4.69, 9.17) is 20.4 Å². The minimum absolute atomic E-state index is 0.0124. The Bertz CT molecular complexity index is 1560. The van der Waals surface area contributed by atoms with Gasteiger partial charge in [0.1, 0.15) is 16.9 Å². The summed E-state index contributed by atoms with van der Waals surface area (Å²) in [6.45, 7) is 4.00. The summed E-state index contributed by atoms with van der Waals surface area (Å²) in [5.41, 5.74) is 5.00. The zero-order valence-electron chi connectivity index (χ0n) is 18.6. The van der Waals surface area contributed by atoms with Gasteiger partial charge in [0.2, 0.25) is 11.7 Å². The van der Waals surface area contributed by atoms with Crippen molar-refractivity contribution in [3.8, 4) is 0 Å². The lowest BCUT2D eigenvalue weighted by Crippen LogP contribution is -2.18. The van der Waals surface area contributed by atoms with Gasteiger partial charge in [0.25, 0.3) is 5.91 Å². The molecule has 0 atom stereocenters. The number of halogens is 1. The van der Waals surface area contributed by atoms with Gasteiger partial charge < -0.3 is 19.5 Å². The maximum Gasteiger partial charge on any atom is 0.293 e. The van der Waals surface area contributed by atoms with Gasteiger partial charge >= 0.3 is 0 Å². The van der Waals surface area contributed by atoms with E-state index in [2.05, 4.69) is 16.7 Å². The quantitative estimate of drug-likeness (QED) is 0.292. The molecule has 0 radical (unpaired) electrons. The van der Waals surface area contributed by atoms with Crippen molar-refractivity contribution in [1.82, 2.24) is 0 Å². The molecule has 3 aromatic carbocycles. The Morgan fingerprint density at radius 1 is 0.941 bits per heavy atom. The largest absolute Gasteiger partial charge is 0.464 e. The first-order valence-corrected chi connectivity index (χ1v) is 11.1. The maximum atomic E-state index is 13.1. The van der Waals surface area contributed by atoms with Gasteiger partial charge in [-0.25, -0.2) is 0 Å². The van der Waals surface area contributed by atoms with Crippen LogP contribution in [-0.4, -0.2) is 11.8 Å². The second-order valence-corrected chi connectivity index (χ2v) is 8.64. The molecule has 2 aromatic heterocycles. The molecule has 0 aliphatic carbocycles. The van der Waals surface area contributed by atoms with E-state index in [1.54, 1.807) is 48.7 Å². The SMILES string of the molecule is Cc1cc(C)c2c(CC(=O)Nc3c(C(=O)Nc4cccc(Cl)c4)oc4ccccc34)coc2c1. The minimum Gasteiger partial charge on any atom is -0.464 e. The predicted molar refractivity (Wildman–Crippen MR) is 134 cm³/mol. The molecule has 0 aliphatic heterocycles. The Hall–Kier alpha value is -4.03. The van der Waals surface area contributed by atoms with E-state index in [0.717, 1.165) is 27.7 Å². The molecule has 5 aromatic rings. The Kier molecular flexibility index (Phi) is 5.59. The van der Waals surface area contributed by atoms with Crippen LogP contribution in [0, 0.1) is 13.8 Å². The molecule has 0 saturated heterocycles. The Morgan fingerprint density at radius 2 is 1.76 bits per heavy atom. The van der Waals surface area contributed by atoms with E-state index in [9.17, 15) is 9.59 Å². The molecular formula is C27H21ClN2O4. The number of furan rings is 2. The van der Waals surface area contributed by atoms with Crippen LogP contribution in [0.5, 0.6) is 0 Å². The molecule has 170 valence electrons. The average molecular weight is 473 g/mol. The molecule has 0 saturated carbocycles. The van der Waals surface area contributed by atoms with Crippen molar-refractivity contribution in [2.24, 2.45) is 0 Å². The highest BCUT2D eigenvalue weighted by atomic mass is 35.5. The van der Waals surface area contributed by atoms with Crippen LogP contribution in [0.2, 0.25) is 5.02 Å². The van der Waals surface area contributed by atoms with Gasteiger partial charge in [-0.3, -0.25) is 9.59 Å². The molecule has 7 heteroatoms.